The van der Waals surface area contributed by atoms with E-state index in [1.165, 1.54) is 0 Å². The number of carbonyl (C=O) groups excluding carboxylic acids is 1. The fourth-order valence-electron chi connectivity index (χ4n) is 2.31. The van der Waals surface area contributed by atoms with Crippen LogP contribution in [0.3, 0.4) is 0 Å². The van der Waals surface area contributed by atoms with E-state index in [4.69, 9.17) is 11.6 Å². The van der Waals surface area contributed by atoms with Crippen LogP contribution in [-0.2, 0) is 0 Å². The minimum atomic E-state index is 0.465. The molecule has 1 heterocycles. The summed E-state index contributed by atoms with van der Waals surface area (Å²) in [5.74, 6) is 0. The van der Waals surface area contributed by atoms with Gasteiger partial charge in [-0.25, -0.2) is 0 Å². The van der Waals surface area contributed by atoms with E-state index >= 15 is 0 Å². The van der Waals surface area contributed by atoms with Gasteiger partial charge in [-0.1, -0.05) is 11.6 Å². The number of anilines is 1. The first-order valence-corrected chi connectivity index (χ1v) is 6.19. The van der Waals surface area contributed by atoms with E-state index in [-0.39, 0.29) is 0 Å². The summed E-state index contributed by atoms with van der Waals surface area (Å²) in [5, 5.41) is 0.531. The number of aldehydes is 1. The molecule has 0 aromatic heterocycles. The van der Waals surface area contributed by atoms with Gasteiger partial charge in [0.25, 0.3) is 0 Å². The maximum Gasteiger partial charge on any atom is 0.151 e. The SMILES string of the molecule is CC1CN(C)CCN1c1ccc(C=O)c(Cl)c1. The molecule has 1 saturated heterocycles. The summed E-state index contributed by atoms with van der Waals surface area (Å²) in [7, 11) is 2.14. The molecular weight excluding hydrogens is 236 g/mol. The van der Waals surface area contributed by atoms with Gasteiger partial charge in [-0.05, 0) is 32.2 Å². The van der Waals surface area contributed by atoms with E-state index in [2.05, 4.69) is 23.8 Å². The number of hydrogen-bond donors (Lipinski definition) is 0. The van der Waals surface area contributed by atoms with Crippen LogP contribution in [-0.4, -0.2) is 43.9 Å². The number of benzene rings is 1. The number of piperazine rings is 1. The van der Waals surface area contributed by atoms with Crippen molar-refractivity contribution in [2.24, 2.45) is 0 Å². The Balaban J connectivity index is 2.22. The van der Waals surface area contributed by atoms with Crippen molar-refractivity contribution < 1.29 is 4.79 Å². The van der Waals surface area contributed by atoms with Crippen molar-refractivity contribution in [1.29, 1.82) is 0 Å². The van der Waals surface area contributed by atoms with Crippen molar-refractivity contribution in [2.75, 3.05) is 31.6 Å². The molecule has 0 radical (unpaired) electrons. The Hall–Kier alpha value is -1.06. The normalized spacial score (nSPS) is 21.6. The van der Waals surface area contributed by atoms with E-state index in [9.17, 15) is 4.79 Å². The highest BCUT2D eigenvalue weighted by molar-refractivity contribution is 6.33. The highest BCUT2D eigenvalue weighted by atomic mass is 35.5. The molecular formula is C13H17ClN2O. The molecule has 92 valence electrons. The molecule has 1 aromatic rings. The molecule has 4 heteroatoms. The van der Waals surface area contributed by atoms with Gasteiger partial charge in [0.2, 0.25) is 0 Å². The zero-order valence-electron chi connectivity index (χ0n) is 10.2. The number of hydrogen-bond acceptors (Lipinski definition) is 3. The Morgan fingerprint density at radius 1 is 1.41 bits per heavy atom. The molecule has 0 N–H and O–H groups in total. The first-order chi connectivity index (χ1) is 8.11. The predicted molar refractivity (Wildman–Crippen MR) is 71.1 cm³/mol. The molecule has 0 saturated carbocycles. The zero-order chi connectivity index (χ0) is 12.4. The van der Waals surface area contributed by atoms with Gasteiger partial charge < -0.3 is 9.80 Å². The molecule has 1 aliphatic rings. The van der Waals surface area contributed by atoms with Crippen molar-refractivity contribution >= 4 is 23.6 Å². The highest BCUT2D eigenvalue weighted by Crippen LogP contribution is 2.25. The Kier molecular flexibility index (Phi) is 3.69. The van der Waals surface area contributed by atoms with Crippen LogP contribution < -0.4 is 4.90 Å². The third-order valence-corrected chi connectivity index (χ3v) is 3.60. The fourth-order valence-corrected chi connectivity index (χ4v) is 2.53. The molecule has 1 fully saturated rings. The molecule has 0 aliphatic carbocycles. The molecule has 1 aromatic carbocycles. The van der Waals surface area contributed by atoms with Crippen LogP contribution in [0.15, 0.2) is 18.2 Å². The van der Waals surface area contributed by atoms with Crippen molar-refractivity contribution in [3.63, 3.8) is 0 Å². The van der Waals surface area contributed by atoms with Crippen LogP contribution in [0.1, 0.15) is 17.3 Å². The lowest BCUT2D eigenvalue weighted by Crippen LogP contribution is -2.50. The smallest absolute Gasteiger partial charge is 0.151 e. The third kappa shape index (κ3) is 2.61. The second-order valence-electron chi connectivity index (χ2n) is 4.63. The average Bonchev–Trinajstić information content (AvgIpc) is 2.29. The minimum absolute atomic E-state index is 0.465. The summed E-state index contributed by atoms with van der Waals surface area (Å²) in [6, 6.07) is 6.10. The summed E-state index contributed by atoms with van der Waals surface area (Å²) >= 11 is 6.06. The largest absolute Gasteiger partial charge is 0.366 e. The van der Waals surface area contributed by atoms with Gasteiger partial charge in [-0.15, -0.1) is 0 Å². The van der Waals surface area contributed by atoms with Gasteiger partial charge in [0, 0.05) is 36.9 Å². The topological polar surface area (TPSA) is 23.6 Å². The summed E-state index contributed by atoms with van der Waals surface area (Å²) in [4.78, 5) is 15.4. The molecule has 17 heavy (non-hydrogen) atoms. The monoisotopic (exact) mass is 252 g/mol. The maximum absolute atomic E-state index is 10.7. The molecule has 2 rings (SSSR count). The second-order valence-corrected chi connectivity index (χ2v) is 5.04. The van der Waals surface area contributed by atoms with E-state index < -0.39 is 0 Å². The lowest BCUT2D eigenvalue weighted by atomic mass is 10.1. The van der Waals surface area contributed by atoms with E-state index in [0.717, 1.165) is 31.6 Å². The fraction of sp³-hybridized carbons (Fsp3) is 0.462. The first-order valence-electron chi connectivity index (χ1n) is 5.81. The van der Waals surface area contributed by atoms with E-state index in [0.29, 0.717) is 16.6 Å². The second kappa shape index (κ2) is 5.07. The lowest BCUT2D eigenvalue weighted by Gasteiger charge is -2.39. The van der Waals surface area contributed by atoms with Crippen molar-refractivity contribution in [3.05, 3.63) is 28.8 Å². The number of carbonyl (C=O) groups is 1. The van der Waals surface area contributed by atoms with Gasteiger partial charge in [0.1, 0.15) is 0 Å². The molecule has 0 amide bonds. The number of rotatable bonds is 2. The summed E-state index contributed by atoms with van der Waals surface area (Å²) in [6.07, 6.45) is 0.791. The van der Waals surface area contributed by atoms with Crippen molar-refractivity contribution in [2.45, 2.75) is 13.0 Å². The predicted octanol–water partition coefficient (Wildman–Crippen LogP) is 2.29. The Bertz CT molecular complexity index is 422. The lowest BCUT2D eigenvalue weighted by molar-refractivity contribution is 0.112. The standard InChI is InChI=1S/C13H17ClN2O/c1-10-8-15(2)5-6-16(10)12-4-3-11(9-17)13(14)7-12/h3-4,7,9-10H,5-6,8H2,1-2H3. The van der Waals surface area contributed by atoms with Gasteiger partial charge in [0.15, 0.2) is 6.29 Å². The highest BCUT2D eigenvalue weighted by Gasteiger charge is 2.21. The molecule has 1 aliphatic heterocycles. The first kappa shape index (κ1) is 12.4. The van der Waals surface area contributed by atoms with Crippen LogP contribution in [0.4, 0.5) is 5.69 Å². The van der Waals surface area contributed by atoms with Crippen LogP contribution >= 0.6 is 11.6 Å². The molecule has 3 nitrogen and oxygen atoms in total. The quantitative estimate of drug-likeness (QED) is 0.755. The summed E-state index contributed by atoms with van der Waals surface area (Å²) < 4.78 is 0. The third-order valence-electron chi connectivity index (χ3n) is 3.27. The average molecular weight is 253 g/mol. The zero-order valence-corrected chi connectivity index (χ0v) is 10.9. The van der Waals surface area contributed by atoms with Crippen LogP contribution in [0.2, 0.25) is 5.02 Å². The Morgan fingerprint density at radius 3 is 2.76 bits per heavy atom. The Labute approximate surface area is 107 Å². The van der Waals surface area contributed by atoms with Gasteiger partial charge in [0.05, 0.1) is 5.02 Å². The number of nitrogens with zero attached hydrogens (tertiary/aromatic N) is 2. The number of halogens is 1. The van der Waals surface area contributed by atoms with Crippen LogP contribution in [0.25, 0.3) is 0 Å². The minimum Gasteiger partial charge on any atom is -0.366 e. The van der Waals surface area contributed by atoms with Crippen LogP contribution in [0, 0.1) is 0 Å². The van der Waals surface area contributed by atoms with Crippen molar-refractivity contribution in [1.82, 2.24) is 4.90 Å². The number of likely N-dealkylation sites (N-methyl/N-ethyl adjacent to an activating group) is 1. The molecule has 1 unspecified atom stereocenters. The van der Waals surface area contributed by atoms with Gasteiger partial charge in [-0.2, -0.15) is 0 Å². The molecule has 0 bridgehead atoms. The maximum atomic E-state index is 10.7. The van der Waals surface area contributed by atoms with Gasteiger partial charge in [-0.3, -0.25) is 4.79 Å². The molecule has 0 spiro atoms. The van der Waals surface area contributed by atoms with Gasteiger partial charge >= 0.3 is 0 Å². The molecule has 1 atom stereocenters. The summed E-state index contributed by atoms with van der Waals surface area (Å²) in [6.45, 7) is 5.30. The van der Waals surface area contributed by atoms with E-state index in [1.807, 2.05) is 12.1 Å². The summed E-state index contributed by atoms with van der Waals surface area (Å²) in [5.41, 5.74) is 1.65. The Morgan fingerprint density at radius 2 is 2.18 bits per heavy atom. The van der Waals surface area contributed by atoms with E-state index in [1.54, 1.807) is 6.07 Å². The van der Waals surface area contributed by atoms with Crippen molar-refractivity contribution in [3.8, 4) is 0 Å². The van der Waals surface area contributed by atoms with Crippen LogP contribution in [0.5, 0.6) is 0 Å².